The zero-order chi connectivity index (χ0) is 22.3. The highest BCUT2D eigenvalue weighted by atomic mass is 19.4. The van der Waals surface area contributed by atoms with Crippen molar-refractivity contribution in [2.24, 2.45) is 7.05 Å². The van der Waals surface area contributed by atoms with Gasteiger partial charge in [0.15, 0.2) is 5.69 Å². The van der Waals surface area contributed by atoms with Crippen molar-refractivity contribution in [3.8, 4) is 0 Å². The van der Waals surface area contributed by atoms with Crippen LogP contribution in [-0.2, 0) is 27.5 Å². The molecule has 2 bridgehead atoms. The van der Waals surface area contributed by atoms with Crippen LogP contribution in [0.15, 0.2) is 35.9 Å². The van der Waals surface area contributed by atoms with Gasteiger partial charge < -0.3 is 14.8 Å². The molecule has 0 aliphatic carbocycles. The van der Waals surface area contributed by atoms with E-state index in [0.717, 1.165) is 10.7 Å². The molecule has 1 fully saturated rings. The quantitative estimate of drug-likeness (QED) is 0.727. The van der Waals surface area contributed by atoms with Gasteiger partial charge in [-0.1, -0.05) is 0 Å². The minimum absolute atomic E-state index is 0.210. The van der Waals surface area contributed by atoms with E-state index >= 15 is 0 Å². The van der Waals surface area contributed by atoms with E-state index in [1.807, 2.05) is 0 Å². The highest BCUT2D eigenvalue weighted by Gasteiger charge is 2.45. The largest absolute Gasteiger partial charge is 0.462 e. The summed E-state index contributed by atoms with van der Waals surface area (Å²) in [6.07, 6.45) is -4.28. The number of alkyl halides is 3. The average Bonchev–Trinajstić information content (AvgIpc) is 3.42. The first-order chi connectivity index (χ1) is 14.7. The minimum Gasteiger partial charge on any atom is -0.462 e. The number of nitrogens with zero attached hydrogens (tertiary/aromatic N) is 2. The molecule has 2 aromatic rings. The van der Waals surface area contributed by atoms with Crippen molar-refractivity contribution in [2.45, 2.75) is 38.1 Å². The Hall–Kier alpha value is -3.14. The van der Waals surface area contributed by atoms with Crippen LogP contribution in [0.1, 0.15) is 41.5 Å². The molecule has 1 N–H and O–H groups in total. The first-order valence-corrected chi connectivity index (χ1v) is 9.78. The topological polar surface area (TPSA) is 82.5 Å². The second kappa shape index (κ2) is 7.84. The van der Waals surface area contributed by atoms with E-state index in [1.165, 1.54) is 19.2 Å². The normalized spacial score (nSPS) is 20.3. The van der Waals surface area contributed by atoms with Gasteiger partial charge in [-0.3, -0.25) is 9.48 Å². The molecule has 0 spiro atoms. The molecule has 0 radical (unpaired) electrons. The lowest BCUT2D eigenvalue weighted by atomic mass is 9.89. The van der Waals surface area contributed by atoms with Crippen molar-refractivity contribution < 1.29 is 32.2 Å². The first-order valence-electron chi connectivity index (χ1n) is 9.78. The van der Waals surface area contributed by atoms with Crippen LogP contribution in [-0.4, -0.2) is 40.5 Å². The van der Waals surface area contributed by atoms with Crippen LogP contribution < -0.4 is 5.32 Å². The second-order valence-corrected chi connectivity index (χ2v) is 7.31. The molecule has 1 aromatic heterocycles. The zero-order valence-electron chi connectivity index (χ0n) is 16.8. The smallest absolute Gasteiger partial charge is 0.435 e. The van der Waals surface area contributed by atoms with Gasteiger partial charge in [0.2, 0.25) is 0 Å². The summed E-state index contributed by atoms with van der Waals surface area (Å²) in [7, 11) is 1.41. The van der Waals surface area contributed by atoms with E-state index in [2.05, 4.69) is 10.4 Å². The summed E-state index contributed by atoms with van der Waals surface area (Å²) in [5.74, 6) is -0.926. The summed E-state index contributed by atoms with van der Waals surface area (Å²) in [4.78, 5) is 24.8. The number of anilines is 1. The number of carbonyl (C=O) groups excluding carboxylic acids is 2. The van der Waals surface area contributed by atoms with Gasteiger partial charge in [0.25, 0.3) is 5.91 Å². The lowest BCUT2D eigenvalue weighted by Gasteiger charge is -2.17. The standard InChI is InChI=1S/C21H20F3N3O4/c1-3-30-20(29)11-4-6-12(7-5-11)25-19(28)18-15-9-8-14(31-15)17(18)13-10-16(21(22,23)24)26-27(13)2/h4-7,10,14-15H,3,8-9H2,1-2H3,(H,25,28). The number of carbonyl (C=O) groups is 2. The van der Waals surface area contributed by atoms with Crippen LogP contribution in [0.4, 0.5) is 18.9 Å². The Morgan fingerprint density at radius 2 is 1.90 bits per heavy atom. The fraction of sp³-hybridized carbons (Fsp3) is 0.381. The number of amides is 1. The summed E-state index contributed by atoms with van der Waals surface area (Å²) >= 11 is 0. The van der Waals surface area contributed by atoms with Crippen molar-refractivity contribution in [3.05, 3.63) is 52.9 Å². The van der Waals surface area contributed by atoms with Crippen LogP contribution in [0.25, 0.3) is 5.57 Å². The van der Waals surface area contributed by atoms with Crippen molar-refractivity contribution in [1.29, 1.82) is 0 Å². The summed E-state index contributed by atoms with van der Waals surface area (Å²) in [5, 5.41) is 6.30. The van der Waals surface area contributed by atoms with Crippen LogP contribution in [0.3, 0.4) is 0 Å². The van der Waals surface area contributed by atoms with Gasteiger partial charge in [-0.15, -0.1) is 0 Å². The van der Waals surface area contributed by atoms with Gasteiger partial charge >= 0.3 is 12.1 Å². The minimum atomic E-state index is -4.59. The van der Waals surface area contributed by atoms with E-state index in [4.69, 9.17) is 9.47 Å². The van der Waals surface area contributed by atoms with Gasteiger partial charge in [-0.2, -0.15) is 18.3 Å². The Labute approximate surface area is 175 Å². The number of rotatable bonds is 5. The Kier molecular flexibility index (Phi) is 5.34. The molecule has 2 aliphatic heterocycles. The van der Waals surface area contributed by atoms with E-state index in [0.29, 0.717) is 35.2 Å². The molecule has 1 amide bonds. The number of nitrogens with one attached hydrogen (secondary N) is 1. The number of ether oxygens (including phenoxy) is 2. The third kappa shape index (κ3) is 3.95. The predicted octanol–water partition coefficient (Wildman–Crippen LogP) is 3.57. The fourth-order valence-corrected chi connectivity index (χ4v) is 3.94. The van der Waals surface area contributed by atoms with Crippen LogP contribution in [0.5, 0.6) is 0 Å². The number of benzene rings is 1. The molecule has 7 nitrogen and oxygen atoms in total. The number of fused-ring (bicyclic) bond motifs is 2. The molecule has 2 unspecified atom stereocenters. The van der Waals surface area contributed by atoms with E-state index in [1.54, 1.807) is 19.1 Å². The summed E-state index contributed by atoms with van der Waals surface area (Å²) in [6.45, 7) is 1.95. The molecule has 3 heterocycles. The number of aryl methyl sites for hydroxylation is 1. The van der Waals surface area contributed by atoms with Gasteiger partial charge in [0.05, 0.1) is 35.6 Å². The van der Waals surface area contributed by atoms with Crippen molar-refractivity contribution in [2.75, 3.05) is 11.9 Å². The number of esters is 1. The van der Waals surface area contributed by atoms with Crippen molar-refractivity contribution in [1.82, 2.24) is 9.78 Å². The van der Waals surface area contributed by atoms with E-state index < -0.39 is 36.0 Å². The summed E-state index contributed by atoms with van der Waals surface area (Å²) in [5.41, 5.74) is 0.716. The molecular formula is C21H20F3N3O4. The summed E-state index contributed by atoms with van der Waals surface area (Å²) in [6, 6.07) is 7.11. The Morgan fingerprint density at radius 1 is 1.23 bits per heavy atom. The number of aromatic nitrogens is 2. The Bertz CT molecular complexity index is 1060. The third-order valence-electron chi connectivity index (χ3n) is 5.30. The zero-order valence-corrected chi connectivity index (χ0v) is 16.8. The molecule has 2 aliphatic rings. The van der Waals surface area contributed by atoms with E-state index in [-0.39, 0.29) is 12.3 Å². The van der Waals surface area contributed by atoms with Crippen molar-refractivity contribution in [3.63, 3.8) is 0 Å². The molecule has 2 atom stereocenters. The van der Waals surface area contributed by atoms with Crippen LogP contribution in [0, 0.1) is 0 Å². The van der Waals surface area contributed by atoms with Gasteiger partial charge in [0.1, 0.15) is 0 Å². The molecule has 1 aromatic carbocycles. The van der Waals surface area contributed by atoms with Gasteiger partial charge in [0, 0.05) is 18.3 Å². The SMILES string of the molecule is CCOC(=O)c1ccc(NC(=O)C2=C(c3cc(C(F)(F)F)nn3C)C3CCC2O3)cc1. The number of hydrogen-bond donors (Lipinski definition) is 1. The third-order valence-corrected chi connectivity index (χ3v) is 5.30. The lowest BCUT2D eigenvalue weighted by Crippen LogP contribution is -2.23. The van der Waals surface area contributed by atoms with E-state index in [9.17, 15) is 22.8 Å². The maximum Gasteiger partial charge on any atom is 0.435 e. The highest BCUT2D eigenvalue weighted by molar-refractivity contribution is 6.11. The molecule has 164 valence electrons. The lowest BCUT2D eigenvalue weighted by molar-refractivity contribution is -0.141. The van der Waals surface area contributed by atoms with Crippen molar-refractivity contribution >= 4 is 23.1 Å². The second-order valence-electron chi connectivity index (χ2n) is 7.31. The van der Waals surface area contributed by atoms with Crippen LogP contribution in [0.2, 0.25) is 0 Å². The van der Waals surface area contributed by atoms with Gasteiger partial charge in [-0.05, 0) is 50.1 Å². The number of hydrogen-bond acceptors (Lipinski definition) is 5. The molecule has 4 rings (SSSR count). The number of halogens is 3. The molecule has 31 heavy (non-hydrogen) atoms. The fourth-order valence-electron chi connectivity index (χ4n) is 3.94. The first kappa shape index (κ1) is 21.1. The Balaban J connectivity index is 1.62. The Morgan fingerprint density at radius 3 is 2.52 bits per heavy atom. The molecular weight excluding hydrogens is 415 g/mol. The van der Waals surface area contributed by atoms with Crippen LogP contribution >= 0.6 is 0 Å². The predicted molar refractivity (Wildman–Crippen MR) is 104 cm³/mol. The highest BCUT2D eigenvalue weighted by Crippen LogP contribution is 2.45. The molecule has 10 heteroatoms. The monoisotopic (exact) mass is 435 g/mol. The molecule has 1 saturated heterocycles. The molecule has 0 saturated carbocycles. The maximum atomic E-state index is 13.1. The average molecular weight is 435 g/mol. The van der Waals surface area contributed by atoms with Gasteiger partial charge in [-0.25, -0.2) is 4.79 Å². The maximum absolute atomic E-state index is 13.1. The summed E-state index contributed by atoms with van der Waals surface area (Å²) < 4.78 is 51.2.